The van der Waals surface area contributed by atoms with Gasteiger partial charge in [-0.3, -0.25) is 0 Å². The Morgan fingerprint density at radius 2 is 1.95 bits per heavy atom. The number of methoxy groups -OCH3 is 1. The number of hydrogen-bond acceptors (Lipinski definition) is 8. The maximum atomic E-state index is 11.8. The van der Waals surface area contributed by atoms with E-state index in [1.807, 2.05) is 0 Å². The Labute approximate surface area is 125 Å². The van der Waals surface area contributed by atoms with Crippen molar-refractivity contribution in [2.75, 3.05) is 13.7 Å². The topological polar surface area (TPSA) is 123 Å². The first-order valence-corrected chi connectivity index (χ1v) is 6.26. The molecule has 0 aliphatic carbocycles. The van der Waals surface area contributed by atoms with E-state index in [1.165, 1.54) is 19.2 Å². The minimum atomic E-state index is -1.50. The summed E-state index contributed by atoms with van der Waals surface area (Å²) >= 11 is 0. The molecule has 8 nitrogen and oxygen atoms in total. The van der Waals surface area contributed by atoms with E-state index in [0.29, 0.717) is 5.75 Å². The lowest BCUT2D eigenvalue weighted by Gasteiger charge is -2.17. The lowest BCUT2D eigenvalue weighted by molar-refractivity contribution is -0.147. The highest BCUT2D eigenvalue weighted by Crippen LogP contribution is 2.21. The van der Waals surface area contributed by atoms with Crippen LogP contribution < -0.4 is 4.74 Å². The second-order valence-corrected chi connectivity index (χ2v) is 4.45. The maximum absolute atomic E-state index is 11.8. The zero-order valence-electron chi connectivity index (χ0n) is 11.6. The predicted molar refractivity (Wildman–Crippen MR) is 71.4 cm³/mol. The van der Waals surface area contributed by atoms with Crippen LogP contribution in [0.5, 0.6) is 5.75 Å². The molecule has 1 heterocycles. The van der Waals surface area contributed by atoms with Crippen molar-refractivity contribution in [1.82, 2.24) is 0 Å². The first-order chi connectivity index (χ1) is 10.4. The Hall–Kier alpha value is -2.74. The molecule has 2 atom stereocenters. The summed E-state index contributed by atoms with van der Waals surface area (Å²) in [5.41, 5.74) is 0.235. The van der Waals surface area contributed by atoms with Gasteiger partial charge in [-0.25, -0.2) is 9.59 Å². The molecule has 1 aliphatic rings. The molecule has 0 saturated carbocycles. The summed E-state index contributed by atoms with van der Waals surface area (Å²) in [6, 6.07) is 6.09. The molecule has 0 fully saturated rings. The van der Waals surface area contributed by atoms with Crippen LogP contribution in [0.2, 0.25) is 0 Å². The number of carbonyl (C=O) groups excluding carboxylic acids is 2. The number of ether oxygens (including phenoxy) is 3. The SMILES string of the molecule is COc1ccc(C(=O)OC[C@H](O)[C@H]2OC(=O)C(O)=C2O)cc1. The number of esters is 2. The number of rotatable bonds is 5. The standard InChI is InChI=1S/C14H14O8/c1-20-8-4-2-7(3-5-8)13(18)21-6-9(15)12-10(16)11(17)14(19)22-12/h2-5,9,12,15-17H,6H2,1H3/t9-,12+/m0/s1. The van der Waals surface area contributed by atoms with Crippen LogP contribution in [0.15, 0.2) is 35.8 Å². The summed E-state index contributed by atoms with van der Waals surface area (Å²) in [7, 11) is 1.49. The van der Waals surface area contributed by atoms with Crippen LogP contribution in [0, 0.1) is 0 Å². The first-order valence-electron chi connectivity index (χ1n) is 6.26. The zero-order valence-corrected chi connectivity index (χ0v) is 11.6. The summed E-state index contributed by atoms with van der Waals surface area (Å²) in [5.74, 6) is -3.05. The second kappa shape index (κ2) is 6.35. The minimum Gasteiger partial charge on any atom is -0.505 e. The van der Waals surface area contributed by atoms with E-state index in [1.54, 1.807) is 12.1 Å². The largest absolute Gasteiger partial charge is 0.505 e. The monoisotopic (exact) mass is 310 g/mol. The fourth-order valence-corrected chi connectivity index (χ4v) is 1.79. The Bertz CT molecular complexity index is 604. The summed E-state index contributed by atoms with van der Waals surface area (Å²) in [5, 5.41) is 28.3. The van der Waals surface area contributed by atoms with Crippen molar-refractivity contribution in [2.24, 2.45) is 0 Å². The molecular weight excluding hydrogens is 296 g/mol. The molecular formula is C14H14O8. The van der Waals surface area contributed by atoms with Gasteiger partial charge < -0.3 is 29.5 Å². The molecule has 0 bridgehead atoms. The molecule has 0 amide bonds. The van der Waals surface area contributed by atoms with Crippen LogP contribution in [0.3, 0.4) is 0 Å². The van der Waals surface area contributed by atoms with Crippen LogP contribution in [-0.2, 0) is 14.3 Å². The quantitative estimate of drug-likeness (QED) is 0.671. The van der Waals surface area contributed by atoms with E-state index >= 15 is 0 Å². The van der Waals surface area contributed by atoms with E-state index < -0.39 is 42.3 Å². The Balaban J connectivity index is 1.92. The van der Waals surface area contributed by atoms with E-state index in [9.17, 15) is 19.8 Å². The molecule has 8 heteroatoms. The molecule has 3 N–H and O–H groups in total. The molecule has 0 saturated heterocycles. The summed E-state index contributed by atoms with van der Waals surface area (Å²) < 4.78 is 14.4. The molecule has 1 aliphatic heterocycles. The number of cyclic esters (lactones) is 1. The molecule has 0 spiro atoms. The first kappa shape index (κ1) is 15.6. The predicted octanol–water partition coefficient (Wildman–Crippen LogP) is 0.466. The van der Waals surface area contributed by atoms with E-state index in [0.717, 1.165) is 0 Å². The van der Waals surface area contributed by atoms with Crippen molar-refractivity contribution in [1.29, 1.82) is 0 Å². The lowest BCUT2D eigenvalue weighted by atomic mass is 10.2. The molecule has 0 unspecified atom stereocenters. The molecule has 1 aromatic rings. The summed E-state index contributed by atoms with van der Waals surface area (Å²) in [4.78, 5) is 22.8. The van der Waals surface area contributed by atoms with Gasteiger partial charge in [0.05, 0.1) is 12.7 Å². The van der Waals surface area contributed by atoms with Gasteiger partial charge in [0.1, 0.15) is 18.5 Å². The van der Waals surface area contributed by atoms with Gasteiger partial charge in [0, 0.05) is 0 Å². The van der Waals surface area contributed by atoms with Crippen LogP contribution in [-0.4, -0.2) is 53.2 Å². The number of aliphatic hydroxyl groups is 3. The molecule has 0 radical (unpaired) electrons. The third-order valence-corrected chi connectivity index (χ3v) is 3.00. The van der Waals surface area contributed by atoms with Crippen LogP contribution in [0.1, 0.15) is 10.4 Å². The highest BCUT2D eigenvalue weighted by atomic mass is 16.6. The van der Waals surface area contributed by atoms with Gasteiger partial charge in [-0.15, -0.1) is 0 Å². The third kappa shape index (κ3) is 3.12. The molecule has 118 valence electrons. The average Bonchev–Trinajstić information content (AvgIpc) is 2.80. The van der Waals surface area contributed by atoms with E-state index in [-0.39, 0.29) is 5.56 Å². The van der Waals surface area contributed by atoms with Crippen LogP contribution >= 0.6 is 0 Å². The van der Waals surface area contributed by atoms with Crippen molar-refractivity contribution < 1.29 is 39.1 Å². The van der Waals surface area contributed by atoms with Crippen molar-refractivity contribution in [3.05, 3.63) is 41.3 Å². The van der Waals surface area contributed by atoms with Crippen molar-refractivity contribution in [3.63, 3.8) is 0 Å². The van der Waals surface area contributed by atoms with Gasteiger partial charge in [0.2, 0.25) is 5.76 Å². The highest BCUT2D eigenvalue weighted by Gasteiger charge is 2.39. The maximum Gasteiger partial charge on any atom is 0.377 e. The highest BCUT2D eigenvalue weighted by molar-refractivity contribution is 5.90. The number of carbonyl (C=O) groups is 2. The molecule has 1 aromatic carbocycles. The summed E-state index contributed by atoms with van der Waals surface area (Å²) in [6.07, 6.45) is -2.97. The van der Waals surface area contributed by atoms with Crippen molar-refractivity contribution >= 4 is 11.9 Å². The molecule has 22 heavy (non-hydrogen) atoms. The Kier molecular flexibility index (Phi) is 4.52. The Morgan fingerprint density at radius 1 is 1.32 bits per heavy atom. The normalized spacial score (nSPS) is 18.8. The van der Waals surface area contributed by atoms with Crippen LogP contribution in [0.4, 0.5) is 0 Å². The fraction of sp³-hybridized carbons (Fsp3) is 0.286. The van der Waals surface area contributed by atoms with Gasteiger partial charge in [-0.05, 0) is 24.3 Å². The van der Waals surface area contributed by atoms with Crippen molar-refractivity contribution in [2.45, 2.75) is 12.2 Å². The number of hydrogen-bond donors (Lipinski definition) is 3. The van der Waals surface area contributed by atoms with E-state index in [4.69, 9.17) is 14.6 Å². The van der Waals surface area contributed by atoms with Gasteiger partial charge in [-0.2, -0.15) is 0 Å². The second-order valence-electron chi connectivity index (χ2n) is 4.45. The fourth-order valence-electron chi connectivity index (χ4n) is 1.79. The lowest BCUT2D eigenvalue weighted by Crippen LogP contribution is -2.33. The average molecular weight is 310 g/mol. The van der Waals surface area contributed by atoms with E-state index in [2.05, 4.69) is 4.74 Å². The molecule has 0 aromatic heterocycles. The number of aliphatic hydroxyl groups excluding tert-OH is 3. The smallest absolute Gasteiger partial charge is 0.377 e. The number of benzene rings is 1. The van der Waals surface area contributed by atoms with Crippen molar-refractivity contribution in [3.8, 4) is 5.75 Å². The van der Waals surface area contributed by atoms with Gasteiger partial charge in [0.25, 0.3) is 0 Å². The van der Waals surface area contributed by atoms with Crippen LogP contribution in [0.25, 0.3) is 0 Å². The van der Waals surface area contributed by atoms with Gasteiger partial charge in [0.15, 0.2) is 11.9 Å². The van der Waals surface area contributed by atoms with Gasteiger partial charge in [-0.1, -0.05) is 0 Å². The Morgan fingerprint density at radius 3 is 2.45 bits per heavy atom. The van der Waals surface area contributed by atoms with Gasteiger partial charge >= 0.3 is 11.9 Å². The summed E-state index contributed by atoms with van der Waals surface area (Å²) in [6.45, 7) is -0.528. The molecule has 2 rings (SSSR count). The minimum absolute atomic E-state index is 0.235. The third-order valence-electron chi connectivity index (χ3n) is 3.00. The zero-order chi connectivity index (χ0) is 16.3.